The van der Waals surface area contributed by atoms with Gasteiger partial charge in [0.05, 0.1) is 12.1 Å². The summed E-state index contributed by atoms with van der Waals surface area (Å²) in [5.74, 6) is 1.46. The number of benzene rings is 1. The highest BCUT2D eigenvalue weighted by molar-refractivity contribution is 6.32. The number of aryl methyl sites for hydroxylation is 1. The Morgan fingerprint density at radius 3 is 2.65 bits per heavy atom. The van der Waals surface area contributed by atoms with Crippen LogP contribution in [0.4, 0.5) is 5.82 Å². The van der Waals surface area contributed by atoms with E-state index in [4.69, 9.17) is 22.1 Å². The van der Waals surface area contributed by atoms with Crippen molar-refractivity contribution in [3.05, 3.63) is 29.0 Å². The number of nitrogens with zero attached hydrogens (tertiary/aromatic N) is 3. The molecule has 2 N–H and O–H groups in total. The molecular weight excluding hydrogens is 240 g/mol. The van der Waals surface area contributed by atoms with Gasteiger partial charge in [0.2, 0.25) is 0 Å². The molecule has 0 aliphatic carbocycles. The largest absolute Gasteiger partial charge is 0.495 e. The third-order valence-electron chi connectivity index (χ3n) is 2.24. The molecule has 0 fully saturated rings. The van der Waals surface area contributed by atoms with Crippen LogP contribution in [0.3, 0.4) is 0 Å². The van der Waals surface area contributed by atoms with Crippen molar-refractivity contribution in [2.75, 3.05) is 12.8 Å². The normalized spacial score (nSPS) is 10.3. The highest BCUT2D eigenvalue weighted by atomic mass is 35.5. The molecule has 17 heavy (non-hydrogen) atoms. The summed E-state index contributed by atoms with van der Waals surface area (Å²) in [6, 6.07) is 5.28. The standard InChI is InChI=1S/C11H11ClN4O/c1-6-14-11(13)10(16-15-6)7-3-4-9(17-2)8(12)5-7/h3-5H,1-2H3,(H2,13,14,15). The maximum atomic E-state index is 6.03. The van der Waals surface area contributed by atoms with E-state index >= 15 is 0 Å². The van der Waals surface area contributed by atoms with E-state index in [0.29, 0.717) is 28.1 Å². The van der Waals surface area contributed by atoms with Crippen LogP contribution in [0.15, 0.2) is 18.2 Å². The number of hydrogen-bond acceptors (Lipinski definition) is 5. The van der Waals surface area contributed by atoms with Crippen LogP contribution in [0.25, 0.3) is 11.3 Å². The molecule has 0 aliphatic rings. The molecule has 1 heterocycles. The molecule has 2 rings (SSSR count). The van der Waals surface area contributed by atoms with Gasteiger partial charge >= 0.3 is 0 Å². The molecule has 0 radical (unpaired) electrons. The predicted octanol–water partition coefficient (Wildman–Crippen LogP) is 2.09. The van der Waals surface area contributed by atoms with Crippen molar-refractivity contribution >= 4 is 17.4 Å². The molecule has 0 bridgehead atoms. The molecule has 0 atom stereocenters. The fraction of sp³-hybridized carbons (Fsp3) is 0.182. The molecule has 2 aromatic rings. The van der Waals surface area contributed by atoms with Crippen LogP contribution >= 0.6 is 11.6 Å². The van der Waals surface area contributed by atoms with Crippen molar-refractivity contribution in [2.24, 2.45) is 0 Å². The Hall–Kier alpha value is -1.88. The summed E-state index contributed by atoms with van der Waals surface area (Å²) < 4.78 is 5.07. The minimum absolute atomic E-state index is 0.332. The molecule has 5 nitrogen and oxygen atoms in total. The lowest BCUT2D eigenvalue weighted by atomic mass is 10.1. The number of nitrogen functional groups attached to an aromatic ring is 1. The lowest BCUT2D eigenvalue weighted by Crippen LogP contribution is -2.02. The molecule has 0 saturated carbocycles. The van der Waals surface area contributed by atoms with Crippen molar-refractivity contribution in [1.29, 1.82) is 0 Å². The van der Waals surface area contributed by atoms with Gasteiger partial charge in [0.25, 0.3) is 0 Å². The van der Waals surface area contributed by atoms with E-state index in [9.17, 15) is 0 Å². The molecule has 0 aliphatic heterocycles. The monoisotopic (exact) mass is 250 g/mol. The van der Waals surface area contributed by atoms with Gasteiger partial charge < -0.3 is 10.5 Å². The number of halogens is 1. The maximum absolute atomic E-state index is 6.03. The minimum Gasteiger partial charge on any atom is -0.495 e. The van der Waals surface area contributed by atoms with Crippen molar-refractivity contribution in [3.8, 4) is 17.0 Å². The zero-order chi connectivity index (χ0) is 12.4. The molecule has 0 unspecified atom stereocenters. The first-order valence-electron chi connectivity index (χ1n) is 4.92. The Morgan fingerprint density at radius 1 is 1.29 bits per heavy atom. The number of ether oxygens (including phenoxy) is 1. The van der Waals surface area contributed by atoms with Gasteiger partial charge in [0, 0.05) is 5.56 Å². The van der Waals surface area contributed by atoms with Crippen LogP contribution < -0.4 is 10.5 Å². The SMILES string of the molecule is COc1ccc(-c2nnc(C)nc2N)cc1Cl. The highest BCUT2D eigenvalue weighted by Crippen LogP contribution is 2.30. The summed E-state index contributed by atoms with van der Waals surface area (Å²) in [6.45, 7) is 1.73. The second kappa shape index (κ2) is 4.55. The first kappa shape index (κ1) is 11.6. The van der Waals surface area contributed by atoms with Crippen LogP contribution in [-0.4, -0.2) is 22.3 Å². The zero-order valence-corrected chi connectivity index (χ0v) is 10.2. The molecular formula is C11H11ClN4O. The van der Waals surface area contributed by atoms with Crippen LogP contribution in [0, 0.1) is 6.92 Å². The van der Waals surface area contributed by atoms with Crippen LogP contribution in [0.2, 0.25) is 5.02 Å². The average molecular weight is 251 g/mol. The van der Waals surface area contributed by atoms with Gasteiger partial charge in [-0.2, -0.15) is 0 Å². The van der Waals surface area contributed by atoms with Gasteiger partial charge in [-0.05, 0) is 25.1 Å². The van der Waals surface area contributed by atoms with Crippen LogP contribution in [-0.2, 0) is 0 Å². The number of aromatic nitrogens is 3. The van der Waals surface area contributed by atoms with E-state index in [-0.39, 0.29) is 0 Å². The second-order valence-corrected chi connectivity index (χ2v) is 3.85. The summed E-state index contributed by atoms with van der Waals surface area (Å²) >= 11 is 6.03. The van der Waals surface area contributed by atoms with Gasteiger partial charge in [-0.25, -0.2) is 4.98 Å². The summed E-state index contributed by atoms with van der Waals surface area (Å²) in [7, 11) is 1.56. The second-order valence-electron chi connectivity index (χ2n) is 3.44. The van der Waals surface area contributed by atoms with Crippen LogP contribution in [0.5, 0.6) is 5.75 Å². The third kappa shape index (κ3) is 2.29. The predicted molar refractivity (Wildman–Crippen MR) is 66.0 cm³/mol. The zero-order valence-electron chi connectivity index (χ0n) is 9.44. The van der Waals surface area contributed by atoms with Crippen molar-refractivity contribution < 1.29 is 4.74 Å². The smallest absolute Gasteiger partial charge is 0.154 e. The van der Waals surface area contributed by atoms with Crippen molar-refractivity contribution in [1.82, 2.24) is 15.2 Å². The Balaban J connectivity index is 2.50. The number of methoxy groups -OCH3 is 1. The van der Waals surface area contributed by atoms with Gasteiger partial charge in [0.1, 0.15) is 17.3 Å². The number of nitrogens with two attached hydrogens (primary N) is 1. The first-order valence-corrected chi connectivity index (χ1v) is 5.30. The Labute approximate surface area is 104 Å². The van der Waals surface area contributed by atoms with E-state index < -0.39 is 0 Å². The summed E-state index contributed by atoms with van der Waals surface area (Å²) in [5, 5.41) is 8.37. The molecule has 6 heteroatoms. The average Bonchev–Trinajstić information content (AvgIpc) is 2.29. The van der Waals surface area contributed by atoms with Gasteiger partial charge in [-0.15, -0.1) is 10.2 Å². The van der Waals surface area contributed by atoms with Gasteiger partial charge in [-0.3, -0.25) is 0 Å². The van der Waals surface area contributed by atoms with Crippen molar-refractivity contribution in [3.63, 3.8) is 0 Å². The molecule has 1 aromatic carbocycles. The lowest BCUT2D eigenvalue weighted by molar-refractivity contribution is 0.415. The molecule has 88 valence electrons. The number of hydrogen-bond donors (Lipinski definition) is 1. The van der Waals surface area contributed by atoms with Gasteiger partial charge in [0.15, 0.2) is 5.82 Å². The Kier molecular flexibility index (Phi) is 3.10. The minimum atomic E-state index is 0.332. The fourth-order valence-electron chi connectivity index (χ4n) is 1.44. The third-order valence-corrected chi connectivity index (χ3v) is 2.54. The van der Waals surface area contributed by atoms with E-state index in [0.717, 1.165) is 5.56 Å². The van der Waals surface area contributed by atoms with Gasteiger partial charge in [-0.1, -0.05) is 11.6 Å². The molecule has 0 amide bonds. The summed E-state index contributed by atoms with van der Waals surface area (Å²) in [6.07, 6.45) is 0. The fourth-order valence-corrected chi connectivity index (χ4v) is 1.70. The van der Waals surface area contributed by atoms with Crippen molar-refractivity contribution in [2.45, 2.75) is 6.92 Å². The van der Waals surface area contributed by atoms with E-state index in [1.807, 2.05) is 6.07 Å². The summed E-state index contributed by atoms with van der Waals surface area (Å²) in [4.78, 5) is 4.05. The maximum Gasteiger partial charge on any atom is 0.154 e. The van der Waals surface area contributed by atoms with E-state index in [2.05, 4.69) is 15.2 Å². The number of anilines is 1. The Bertz CT molecular complexity index is 559. The lowest BCUT2D eigenvalue weighted by Gasteiger charge is -2.06. The molecule has 0 spiro atoms. The first-order chi connectivity index (χ1) is 8.11. The molecule has 1 aromatic heterocycles. The van der Waals surface area contributed by atoms with E-state index in [1.165, 1.54) is 0 Å². The molecule has 0 saturated heterocycles. The highest BCUT2D eigenvalue weighted by Gasteiger charge is 2.09. The number of rotatable bonds is 2. The van der Waals surface area contributed by atoms with E-state index in [1.54, 1.807) is 26.2 Å². The topological polar surface area (TPSA) is 73.9 Å². The Morgan fingerprint density at radius 2 is 2.06 bits per heavy atom. The summed E-state index contributed by atoms with van der Waals surface area (Å²) in [5.41, 5.74) is 7.06. The van der Waals surface area contributed by atoms with Crippen LogP contribution in [0.1, 0.15) is 5.82 Å². The quantitative estimate of drug-likeness (QED) is 0.883.